The monoisotopic (exact) mass is 219 g/mol. The highest BCUT2D eigenvalue weighted by atomic mass is 19.1. The number of rotatable bonds is 0. The Morgan fingerprint density at radius 3 is 3.06 bits per heavy atom. The Labute approximate surface area is 94.1 Å². The van der Waals surface area contributed by atoms with Crippen molar-refractivity contribution in [2.75, 3.05) is 6.54 Å². The first-order valence-corrected chi connectivity index (χ1v) is 5.85. The third-order valence-corrected chi connectivity index (χ3v) is 3.64. The van der Waals surface area contributed by atoms with E-state index in [1.165, 1.54) is 18.6 Å². The molecule has 0 radical (unpaired) electrons. The van der Waals surface area contributed by atoms with Gasteiger partial charge in [-0.15, -0.1) is 0 Å². The van der Waals surface area contributed by atoms with Gasteiger partial charge >= 0.3 is 0 Å². The third kappa shape index (κ3) is 1.42. The fraction of sp³-hybridized carbons (Fsp3) is 0.462. The van der Waals surface area contributed by atoms with E-state index < -0.39 is 0 Å². The molecule has 0 bridgehead atoms. The molecule has 16 heavy (non-hydrogen) atoms. The Balaban J connectivity index is 2.03. The van der Waals surface area contributed by atoms with Crippen LogP contribution in [0, 0.1) is 5.82 Å². The van der Waals surface area contributed by atoms with Crippen LogP contribution in [0.25, 0.3) is 0 Å². The first-order valence-electron chi connectivity index (χ1n) is 5.85. The Morgan fingerprint density at radius 1 is 1.31 bits per heavy atom. The third-order valence-electron chi connectivity index (χ3n) is 3.64. The van der Waals surface area contributed by atoms with Crippen molar-refractivity contribution in [3.63, 3.8) is 0 Å². The Morgan fingerprint density at radius 2 is 2.19 bits per heavy atom. The number of nitrogens with zero attached hydrogens (tertiary/aromatic N) is 1. The smallest absolute Gasteiger partial charge is 0.254 e. The van der Waals surface area contributed by atoms with Gasteiger partial charge in [-0.25, -0.2) is 4.39 Å². The number of amides is 1. The van der Waals surface area contributed by atoms with Crippen molar-refractivity contribution < 1.29 is 9.18 Å². The van der Waals surface area contributed by atoms with E-state index in [-0.39, 0.29) is 11.7 Å². The average Bonchev–Trinajstić information content (AvgIpc) is 2.29. The lowest BCUT2D eigenvalue weighted by atomic mass is 9.88. The molecule has 1 unspecified atom stereocenters. The zero-order valence-electron chi connectivity index (χ0n) is 9.08. The fourth-order valence-corrected chi connectivity index (χ4v) is 2.83. The van der Waals surface area contributed by atoms with Gasteiger partial charge in [0.1, 0.15) is 5.82 Å². The molecule has 1 fully saturated rings. The van der Waals surface area contributed by atoms with Gasteiger partial charge in [0.2, 0.25) is 0 Å². The molecule has 0 N–H and O–H groups in total. The van der Waals surface area contributed by atoms with Crippen LogP contribution < -0.4 is 0 Å². The summed E-state index contributed by atoms with van der Waals surface area (Å²) in [4.78, 5) is 14.1. The molecule has 1 atom stereocenters. The molecule has 84 valence electrons. The highest BCUT2D eigenvalue weighted by molar-refractivity contribution is 5.97. The van der Waals surface area contributed by atoms with Crippen LogP contribution in [0.5, 0.6) is 0 Å². The van der Waals surface area contributed by atoms with E-state index in [1.807, 2.05) is 4.90 Å². The van der Waals surface area contributed by atoms with Crippen LogP contribution in [0.15, 0.2) is 18.2 Å². The summed E-state index contributed by atoms with van der Waals surface area (Å²) in [5.74, 6) is -0.151. The minimum Gasteiger partial charge on any atom is -0.335 e. The van der Waals surface area contributed by atoms with Gasteiger partial charge in [-0.1, -0.05) is 0 Å². The molecule has 2 nitrogen and oxygen atoms in total. The van der Waals surface area contributed by atoms with Crippen molar-refractivity contribution >= 4 is 5.91 Å². The maximum absolute atomic E-state index is 13.1. The predicted octanol–water partition coefficient (Wildman–Crippen LogP) is 2.38. The molecular formula is C13H14FNO. The van der Waals surface area contributed by atoms with Crippen LogP contribution in [0.2, 0.25) is 0 Å². The summed E-state index contributed by atoms with van der Waals surface area (Å²) in [7, 11) is 0. The Kier molecular flexibility index (Phi) is 2.20. The number of hydrogen-bond acceptors (Lipinski definition) is 1. The second-order valence-electron chi connectivity index (χ2n) is 4.65. The second kappa shape index (κ2) is 3.58. The molecule has 2 aliphatic heterocycles. The number of piperidine rings is 1. The van der Waals surface area contributed by atoms with Gasteiger partial charge in [-0.3, -0.25) is 4.79 Å². The first kappa shape index (κ1) is 9.82. The van der Waals surface area contributed by atoms with Gasteiger partial charge in [0.05, 0.1) is 0 Å². The van der Waals surface area contributed by atoms with Gasteiger partial charge in [-0.05, 0) is 49.4 Å². The summed E-state index contributed by atoms with van der Waals surface area (Å²) >= 11 is 0. The van der Waals surface area contributed by atoms with Crippen molar-refractivity contribution in [2.45, 2.75) is 31.7 Å². The zero-order chi connectivity index (χ0) is 11.1. The number of benzene rings is 1. The molecule has 1 aromatic carbocycles. The summed E-state index contributed by atoms with van der Waals surface area (Å²) in [5.41, 5.74) is 1.58. The molecule has 3 rings (SSSR count). The SMILES string of the molecule is O=C1c2ccc(F)cc2CC2CCCCN12. The first-order chi connectivity index (χ1) is 7.75. The number of halogens is 1. The maximum Gasteiger partial charge on any atom is 0.254 e. The molecule has 0 spiro atoms. The Hall–Kier alpha value is -1.38. The van der Waals surface area contributed by atoms with Crippen molar-refractivity contribution in [3.05, 3.63) is 35.1 Å². The molecule has 0 aliphatic carbocycles. The number of fused-ring (bicyclic) bond motifs is 2. The second-order valence-corrected chi connectivity index (χ2v) is 4.65. The number of hydrogen-bond donors (Lipinski definition) is 0. The van der Waals surface area contributed by atoms with Gasteiger partial charge in [0.25, 0.3) is 5.91 Å². The largest absolute Gasteiger partial charge is 0.335 e. The van der Waals surface area contributed by atoms with E-state index in [2.05, 4.69) is 0 Å². The molecule has 2 heterocycles. The van der Waals surface area contributed by atoms with Crippen LogP contribution in [0.1, 0.15) is 35.2 Å². The highest BCUT2D eigenvalue weighted by Gasteiger charge is 2.33. The van der Waals surface area contributed by atoms with Crippen molar-refractivity contribution in [1.82, 2.24) is 4.90 Å². The van der Waals surface area contributed by atoms with Gasteiger partial charge in [-0.2, -0.15) is 0 Å². The summed E-state index contributed by atoms with van der Waals surface area (Å²) in [6.45, 7) is 0.861. The van der Waals surface area contributed by atoms with Gasteiger partial charge < -0.3 is 4.90 Å². The van der Waals surface area contributed by atoms with E-state index in [1.54, 1.807) is 6.07 Å². The molecule has 2 aliphatic rings. The summed E-state index contributed by atoms with van der Waals surface area (Å²) in [5, 5.41) is 0. The van der Waals surface area contributed by atoms with E-state index >= 15 is 0 Å². The molecule has 1 saturated heterocycles. The lowest BCUT2D eigenvalue weighted by Crippen LogP contribution is -2.48. The van der Waals surface area contributed by atoms with Crippen LogP contribution in [0.4, 0.5) is 4.39 Å². The average molecular weight is 219 g/mol. The Bertz CT molecular complexity index is 444. The lowest BCUT2D eigenvalue weighted by molar-refractivity contribution is 0.0582. The molecule has 1 amide bonds. The topological polar surface area (TPSA) is 20.3 Å². The fourth-order valence-electron chi connectivity index (χ4n) is 2.83. The van der Waals surface area contributed by atoms with Crippen molar-refractivity contribution in [2.24, 2.45) is 0 Å². The summed E-state index contributed by atoms with van der Waals surface area (Å²) in [6.07, 6.45) is 4.15. The quantitative estimate of drug-likeness (QED) is 0.656. The van der Waals surface area contributed by atoms with Crippen LogP contribution in [-0.4, -0.2) is 23.4 Å². The summed E-state index contributed by atoms with van der Waals surface area (Å²) < 4.78 is 13.1. The lowest BCUT2D eigenvalue weighted by Gasteiger charge is -2.39. The van der Waals surface area contributed by atoms with Crippen LogP contribution in [-0.2, 0) is 6.42 Å². The van der Waals surface area contributed by atoms with Gasteiger partial charge in [0.15, 0.2) is 0 Å². The highest BCUT2D eigenvalue weighted by Crippen LogP contribution is 2.29. The van der Waals surface area contributed by atoms with Gasteiger partial charge in [0, 0.05) is 18.2 Å². The molecule has 3 heteroatoms. The van der Waals surface area contributed by atoms with Crippen LogP contribution >= 0.6 is 0 Å². The summed E-state index contributed by atoms with van der Waals surface area (Å²) in [6, 6.07) is 4.81. The van der Waals surface area contributed by atoms with Crippen molar-refractivity contribution in [3.8, 4) is 0 Å². The predicted molar refractivity (Wildman–Crippen MR) is 58.8 cm³/mol. The van der Waals surface area contributed by atoms with Crippen LogP contribution in [0.3, 0.4) is 0 Å². The van der Waals surface area contributed by atoms with E-state index in [0.29, 0.717) is 11.6 Å². The van der Waals surface area contributed by atoms with E-state index in [0.717, 1.165) is 31.4 Å². The molecular weight excluding hydrogens is 205 g/mol. The molecule has 0 aromatic heterocycles. The molecule has 1 aromatic rings. The normalized spacial score (nSPS) is 23.9. The minimum atomic E-state index is -0.240. The number of carbonyl (C=O) groups is 1. The maximum atomic E-state index is 13.1. The standard InChI is InChI=1S/C13H14FNO/c14-10-4-5-12-9(7-10)8-11-3-1-2-6-15(11)13(12)16/h4-5,7,11H,1-3,6,8H2. The van der Waals surface area contributed by atoms with Crippen molar-refractivity contribution in [1.29, 1.82) is 0 Å². The zero-order valence-corrected chi connectivity index (χ0v) is 9.08. The minimum absolute atomic E-state index is 0.0888. The molecule has 0 saturated carbocycles. The van der Waals surface area contributed by atoms with E-state index in [4.69, 9.17) is 0 Å². The van der Waals surface area contributed by atoms with E-state index in [9.17, 15) is 9.18 Å². The number of carbonyl (C=O) groups excluding carboxylic acids is 1.